The zero-order valence-corrected chi connectivity index (χ0v) is 10.7. The molecule has 0 saturated heterocycles. The SMILES string of the molecule is Nc1nc(CC(=O)N/N=C/c2ccccc2O)cs1. The van der Waals surface area contributed by atoms with Gasteiger partial charge in [0.1, 0.15) is 5.75 Å². The maximum atomic E-state index is 11.5. The van der Waals surface area contributed by atoms with Crippen LogP contribution < -0.4 is 11.2 Å². The smallest absolute Gasteiger partial charge is 0.246 e. The van der Waals surface area contributed by atoms with Crippen molar-refractivity contribution in [3.63, 3.8) is 0 Å². The maximum absolute atomic E-state index is 11.5. The fraction of sp³-hybridized carbons (Fsp3) is 0.0833. The topological polar surface area (TPSA) is 101 Å². The van der Waals surface area contributed by atoms with E-state index in [1.54, 1.807) is 29.6 Å². The summed E-state index contributed by atoms with van der Waals surface area (Å²) in [6.07, 6.45) is 1.49. The van der Waals surface area contributed by atoms with Crippen molar-refractivity contribution in [1.29, 1.82) is 0 Å². The number of thiazole rings is 1. The molecular weight excluding hydrogens is 264 g/mol. The van der Waals surface area contributed by atoms with Gasteiger partial charge in [-0.05, 0) is 12.1 Å². The normalized spacial score (nSPS) is 10.7. The highest BCUT2D eigenvalue weighted by molar-refractivity contribution is 7.13. The van der Waals surface area contributed by atoms with E-state index in [1.165, 1.54) is 17.6 Å². The van der Waals surface area contributed by atoms with Crippen LogP contribution in [0.25, 0.3) is 0 Å². The van der Waals surface area contributed by atoms with Crippen LogP contribution in [0.4, 0.5) is 5.13 Å². The lowest BCUT2D eigenvalue weighted by molar-refractivity contribution is -0.120. The summed E-state index contributed by atoms with van der Waals surface area (Å²) < 4.78 is 0. The van der Waals surface area contributed by atoms with Crippen molar-refractivity contribution in [1.82, 2.24) is 10.4 Å². The molecule has 4 N–H and O–H groups in total. The first-order valence-corrected chi connectivity index (χ1v) is 6.33. The van der Waals surface area contributed by atoms with Crippen LogP contribution >= 0.6 is 11.3 Å². The first-order valence-electron chi connectivity index (χ1n) is 5.45. The number of hydrazone groups is 1. The molecule has 0 spiro atoms. The van der Waals surface area contributed by atoms with Crippen LogP contribution in [-0.4, -0.2) is 22.2 Å². The standard InChI is InChI=1S/C12H12N4O2S/c13-12-15-9(7-19-12)5-11(18)16-14-6-8-3-1-2-4-10(8)17/h1-4,6-7,17H,5H2,(H2,13,15)(H,16,18)/b14-6+. The summed E-state index contributed by atoms with van der Waals surface area (Å²) in [5.74, 6) is -0.190. The maximum Gasteiger partial charge on any atom is 0.246 e. The predicted molar refractivity (Wildman–Crippen MR) is 74.1 cm³/mol. The molecule has 1 aromatic heterocycles. The van der Waals surface area contributed by atoms with Crippen molar-refractivity contribution < 1.29 is 9.90 Å². The molecule has 98 valence electrons. The number of hydrogen-bond acceptors (Lipinski definition) is 6. The number of amides is 1. The molecule has 19 heavy (non-hydrogen) atoms. The van der Waals surface area contributed by atoms with E-state index in [2.05, 4.69) is 15.5 Å². The van der Waals surface area contributed by atoms with Crippen molar-refractivity contribution in [2.45, 2.75) is 6.42 Å². The van der Waals surface area contributed by atoms with Crippen molar-refractivity contribution in [2.24, 2.45) is 5.10 Å². The van der Waals surface area contributed by atoms with E-state index in [4.69, 9.17) is 5.73 Å². The molecule has 0 aliphatic heterocycles. The number of phenolic OH excluding ortho intramolecular Hbond substituents is 1. The van der Waals surface area contributed by atoms with E-state index in [1.807, 2.05) is 0 Å². The van der Waals surface area contributed by atoms with Gasteiger partial charge in [-0.2, -0.15) is 5.10 Å². The Hall–Kier alpha value is -2.41. The van der Waals surface area contributed by atoms with E-state index in [-0.39, 0.29) is 18.1 Å². The van der Waals surface area contributed by atoms with Gasteiger partial charge in [-0.15, -0.1) is 11.3 Å². The summed E-state index contributed by atoms with van der Waals surface area (Å²) >= 11 is 1.28. The van der Waals surface area contributed by atoms with E-state index < -0.39 is 0 Å². The minimum Gasteiger partial charge on any atom is -0.507 e. The molecule has 0 saturated carbocycles. The number of hydrogen-bond donors (Lipinski definition) is 3. The zero-order valence-electron chi connectivity index (χ0n) is 9.91. The van der Waals surface area contributed by atoms with Crippen molar-refractivity contribution in [3.8, 4) is 5.75 Å². The molecule has 6 nitrogen and oxygen atoms in total. The highest BCUT2D eigenvalue weighted by Crippen LogP contribution is 2.13. The Labute approximate surface area is 113 Å². The molecule has 1 aromatic carbocycles. The molecule has 2 rings (SSSR count). The van der Waals surface area contributed by atoms with Crippen LogP contribution in [0.1, 0.15) is 11.3 Å². The first kappa shape index (κ1) is 13.0. The van der Waals surface area contributed by atoms with Gasteiger partial charge in [0, 0.05) is 10.9 Å². The lowest BCUT2D eigenvalue weighted by Crippen LogP contribution is -2.19. The van der Waals surface area contributed by atoms with E-state index in [0.29, 0.717) is 16.4 Å². The molecule has 7 heteroatoms. The highest BCUT2D eigenvalue weighted by Gasteiger charge is 2.05. The zero-order chi connectivity index (χ0) is 13.7. The third-order valence-corrected chi connectivity index (χ3v) is 2.96. The van der Waals surface area contributed by atoms with Gasteiger partial charge in [0.2, 0.25) is 5.91 Å². The second-order valence-electron chi connectivity index (χ2n) is 3.71. The summed E-state index contributed by atoms with van der Waals surface area (Å²) in [6.45, 7) is 0. The Morgan fingerprint density at radius 3 is 3.00 bits per heavy atom. The largest absolute Gasteiger partial charge is 0.507 e. The summed E-state index contributed by atoms with van der Waals surface area (Å²) in [5.41, 5.74) is 8.96. The fourth-order valence-electron chi connectivity index (χ4n) is 1.38. The third kappa shape index (κ3) is 3.78. The van der Waals surface area contributed by atoms with Gasteiger partial charge in [0.25, 0.3) is 0 Å². The number of para-hydroxylation sites is 1. The van der Waals surface area contributed by atoms with Gasteiger partial charge < -0.3 is 10.8 Å². The van der Waals surface area contributed by atoms with Crippen LogP contribution in [0.3, 0.4) is 0 Å². The number of nitrogens with two attached hydrogens (primary N) is 1. The second-order valence-corrected chi connectivity index (χ2v) is 4.60. The molecule has 0 unspecified atom stereocenters. The number of rotatable bonds is 4. The van der Waals surface area contributed by atoms with Gasteiger partial charge >= 0.3 is 0 Å². The number of carbonyl (C=O) groups is 1. The lowest BCUT2D eigenvalue weighted by Gasteiger charge is -1.98. The molecule has 0 aliphatic carbocycles. The number of aromatic hydroxyl groups is 1. The average Bonchev–Trinajstić information content (AvgIpc) is 2.77. The van der Waals surface area contributed by atoms with E-state index in [9.17, 15) is 9.90 Å². The number of aromatic nitrogens is 1. The van der Waals surface area contributed by atoms with Crippen LogP contribution in [0.5, 0.6) is 5.75 Å². The second kappa shape index (κ2) is 5.96. The number of nitrogen functional groups attached to an aromatic ring is 1. The Morgan fingerprint density at radius 2 is 2.32 bits per heavy atom. The molecule has 0 aliphatic rings. The minimum atomic E-state index is -0.294. The third-order valence-electron chi connectivity index (χ3n) is 2.24. The minimum absolute atomic E-state index is 0.104. The quantitative estimate of drug-likeness (QED) is 0.575. The van der Waals surface area contributed by atoms with Crippen LogP contribution in [0, 0.1) is 0 Å². The summed E-state index contributed by atoms with van der Waals surface area (Å²) in [6, 6.07) is 6.70. The number of carbonyl (C=O) groups excluding carboxylic acids is 1. The van der Waals surface area contributed by atoms with Gasteiger partial charge in [-0.25, -0.2) is 10.4 Å². The van der Waals surface area contributed by atoms with Crippen molar-refractivity contribution in [2.75, 3.05) is 5.73 Å². The molecule has 0 bridgehead atoms. The summed E-state index contributed by atoms with van der Waals surface area (Å²) in [7, 11) is 0. The highest BCUT2D eigenvalue weighted by atomic mass is 32.1. The van der Waals surface area contributed by atoms with Crippen LogP contribution in [0.15, 0.2) is 34.7 Å². The monoisotopic (exact) mass is 276 g/mol. The van der Waals surface area contributed by atoms with Crippen molar-refractivity contribution in [3.05, 3.63) is 40.9 Å². The molecule has 1 amide bonds. The van der Waals surface area contributed by atoms with Gasteiger partial charge in [-0.1, -0.05) is 12.1 Å². The summed E-state index contributed by atoms with van der Waals surface area (Å²) in [4.78, 5) is 15.5. The van der Waals surface area contributed by atoms with Crippen LogP contribution in [0.2, 0.25) is 0 Å². The number of phenols is 1. The predicted octanol–water partition coefficient (Wildman–Crippen LogP) is 1.12. The Kier molecular flexibility index (Phi) is 4.09. The number of benzene rings is 1. The Morgan fingerprint density at radius 1 is 1.53 bits per heavy atom. The van der Waals surface area contributed by atoms with Crippen LogP contribution in [-0.2, 0) is 11.2 Å². The fourth-order valence-corrected chi connectivity index (χ4v) is 1.94. The molecule has 2 aromatic rings. The summed E-state index contributed by atoms with van der Waals surface area (Å²) in [5, 5.41) is 15.4. The van der Waals surface area contributed by atoms with E-state index in [0.717, 1.165) is 0 Å². The number of anilines is 1. The van der Waals surface area contributed by atoms with Gasteiger partial charge in [0.05, 0.1) is 18.3 Å². The van der Waals surface area contributed by atoms with Gasteiger partial charge in [-0.3, -0.25) is 4.79 Å². The first-order chi connectivity index (χ1) is 9.15. The molecule has 0 atom stereocenters. The molecule has 0 radical (unpaired) electrons. The van der Waals surface area contributed by atoms with Gasteiger partial charge in [0.15, 0.2) is 5.13 Å². The number of nitrogens with zero attached hydrogens (tertiary/aromatic N) is 2. The molecule has 1 heterocycles. The number of nitrogens with one attached hydrogen (secondary N) is 1. The molecule has 0 fully saturated rings. The lowest BCUT2D eigenvalue weighted by atomic mass is 10.2. The Bertz CT molecular complexity index is 609. The average molecular weight is 276 g/mol. The van der Waals surface area contributed by atoms with Crippen molar-refractivity contribution >= 4 is 28.6 Å². The molecular formula is C12H12N4O2S. The Balaban J connectivity index is 1.88. The van der Waals surface area contributed by atoms with E-state index >= 15 is 0 Å².